The number of hydrogen-bond acceptors (Lipinski definition) is 7. The van der Waals surface area contributed by atoms with Gasteiger partial charge in [-0.15, -0.1) is 0 Å². The quantitative estimate of drug-likeness (QED) is 0.830. The van der Waals surface area contributed by atoms with Crippen LogP contribution in [-0.2, 0) is 0 Å². The fourth-order valence-corrected chi connectivity index (χ4v) is 1.99. The molecule has 0 unspecified atom stereocenters. The van der Waals surface area contributed by atoms with E-state index in [0.717, 1.165) is 0 Å². The van der Waals surface area contributed by atoms with Crippen LogP contribution in [0.2, 0.25) is 0 Å². The van der Waals surface area contributed by atoms with Crippen LogP contribution in [-0.4, -0.2) is 33.6 Å². The molecule has 0 atom stereocenters. The number of nitrogens with one attached hydrogen (secondary N) is 2. The summed E-state index contributed by atoms with van der Waals surface area (Å²) in [6.45, 7) is 7.25. The van der Waals surface area contributed by atoms with Crippen LogP contribution in [0, 0.1) is 17.1 Å². The first-order valence-corrected chi connectivity index (χ1v) is 7.80. The van der Waals surface area contributed by atoms with Crippen LogP contribution < -0.4 is 15.4 Å². The Hall–Kier alpha value is -2.95. The number of nitrogens with zero attached hydrogens (tertiary/aromatic N) is 4. The number of anilines is 2. The monoisotopic (exact) mass is 344 g/mol. The van der Waals surface area contributed by atoms with Gasteiger partial charge in [0.25, 0.3) is 0 Å². The van der Waals surface area contributed by atoms with Gasteiger partial charge in [-0.25, -0.2) is 4.39 Å². The summed E-state index contributed by atoms with van der Waals surface area (Å²) in [7, 11) is 1.50. The molecule has 0 saturated carbocycles. The van der Waals surface area contributed by atoms with Gasteiger partial charge in [0.2, 0.25) is 11.9 Å². The lowest BCUT2D eigenvalue weighted by Gasteiger charge is -2.19. The second kappa shape index (κ2) is 7.30. The first-order chi connectivity index (χ1) is 11.7. The maximum Gasteiger partial charge on any atom is 0.229 e. The van der Waals surface area contributed by atoms with E-state index in [9.17, 15) is 9.65 Å². The lowest BCUT2D eigenvalue weighted by molar-refractivity contribution is 0.414. The van der Waals surface area contributed by atoms with Crippen LogP contribution in [0.3, 0.4) is 0 Å². The van der Waals surface area contributed by atoms with Crippen molar-refractivity contribution in [3.63, 3.8) is 0 Å². The number of rotatable bonds is 6. The number of benzene rings is 1. The lowest BCUT2D eigenvalue weighted by atomic mass is 10.1. The highest BCUT2D eigenvalue weighted by Gasteiger charge is 2.20. The van der Waals surface area contributed by atoms with Gasteiger partial charge in [0.05, 0.1) is 18.7 Å². The SMILES string of the molecule is COc1ccc(F)c(-c2nc(NC(C)C)nc(NC(C)(C)C#N)n2)c1. The number of halogens is 1. The van der Waals surface area contributed by atoms with Gasteiger partial charge in [0, 0.05) is 6.04 Å². The minimum Gasteiger partial charge on any atom is -0.497 e. The number of nitriles is 1. The normalized spacial score (nSPS) is 11.1. The zero-order valence-electron chi connectivity index (χ0n) is 14.9. The van der Waals surface area contributed by atoms with E-state index in [1.54, 1.807) is 13.8 Å². The highest BCUT2D eigenvalue weighted by Crippen LogP contribution is 2.26. The number of hydrogen-bond donors (Lipinski definition) is 2. The van der Waals surface area contributed by atoms with Gasteiger partial charge >= 0.3 is 0 Å². The molecule has 0 fully saturated rings. The lowest BCUT2D eigenvalue weighted by Crippen LogP contribution is -2.30. The first kappa shape index (κ1) is 18.4. The molecule has 1 aromatic heterocycles. The van der Waals surface area contributed by atoms with Gasteiger partial charge in [-0.2, -0.15) is 20.2 Å². The van der Waals surface area contributed by atoms with E-state index in [2.05, 4.69) is 31.7 Å². The molecule has 0 saturated heterocycles. The third kappa shape index (κ3) is 4.76. The van der Waals surface area contributed by atoms with Crippen LogP contribution in [0.5, 0.6) is 5.75 Å². The molecule has 2 N–H and O–H groups in total. The number of ether oxygens (including phenoxy) is 1. The van der Waals surface area contributed by atoms with Crippen molar-refractivity contribution in [3.8, 4) is 23.2 Å². The van der Waals surface area contributed by atoms with Crippen molar-refractivity contribution in [2.24, 2.45) is 0 Å². The number of methoxy groups -OCH3 is 1. The summed E-state index contributed by atoms with van der Waals surface area (Å²) >= 11 is 0. The van der Waals surface area contributed by atoms with Gasteiger partial charge in [-0.1, -0.05) is 0 Å². The van der Waals surface area contributed by atoms with E-state index in [4.69, 9.17) is 4.74 Å². The summed E-state index contributed by atoms with van der Waals surface area (Å²) in [5.74, 6) is 0.626. The summed E-state index contributed by atoms with van der Waals surface area (Å²) in [6.07, 6.45) is 0. The molecule has 25 heavy (non-hydrogen) atoms. The van der Waals surface area contributed by atoms with Crippen molar-refractivity contribution >= 4 is 11.9 Å². The van der Waals surface area contributed by atoms with Gasteiger partial charge < -0.3 is 15.4 Å². The minimum absolute atomic E-state index is 0.0715. The van der Waals surface area contributed by atoms with Gasteiger partial charge in [0.15, 0.2) is 5.82 Å². The Morgan fingerprint density at radius 3 is 2.48 bits per heavy atom. The molecule has 8 heteroatoms. The molecule has 2 aromatic rings. The van der Waals surface area contributed by atoms with E-state index in [1.165, 1.54) is 25.3 Å². The summed E-state index contributed by atoms with van der Waals surface area (Å²) in [4.78, 5) is 12.8. The maximum atomic E-state index is 14.3. The highest BCUT2D eigenvalue weighted by molar-refractivity contribution is 5.61. The van der Waals surface area contributed by atoms with E-state index in [-0.39, 0.29) is 23.4 Å². The Kier molecular flexibility index (Phi) is 5.37. The molecule has 0 aliphatic carbocycles. The fourth-order valence-electron chi connectivity index (χ4n) is 1.99. The predicted octanol–water partition coefficient (Wildman–Crippen LogP) is 3.22. The van der Waals surface area contributed by atoms with Crippen LogP contribution in [0.25, 0.3) is 11.4 Å². The summed E-state index contributed by atoms with van der Waals surface area (Å²) in [5, 5.41) is 15.2. The second-order valence-corrected chi connectivity index (χ2v) is 6.31. The molecule has 0 spiro atoms. The van der Waals surface area contributed by atoms with Crippen LogP contribution >= 0.6 is 0 Å². The minimum atomic E-state index is -0.888. The number of aromatic nitrogens is 3. The Labute approximate surface area is 146 Å². The second-order valence-electron chi connectivity index (χ2n) is 6.31. The zero-order valence-corrected chi connectivity index (χ0v) is 14.9. The van der Waals surface area contributed by atoms with Gasteiger partial charge in [-0.05, 0) is 45.9 Å². The third-order valence-corrected chi connectivity index (χ3v) is 3.17. The Morgan fingerprint density at radius 1 is 1.20 bits per heavy atom. The average molecular weight is 344 g/mol. The zero-order chi connectivity index (χ0) is 18.6. The van der Waals surface area contributed by atoms with E-state index >= 15 is 0 Å². The predicted molar refractivity (Wildman–Crippen MR) is 93.8 cm³/mol. The summed E-state index contributed by atoms with van der Waals surface area (Å²) < 4.78 is 19.4. The standard InChI is InChI=1S/C17H21FN6O/c1-10(2)20-15-21-14(12-8-11(25-5)6-7-13(12)18)22-16(23-15)24-17(3,4)9-19/h6-8,10H,1-5H3,(H2,20,21,22,23,24). The summed E-state index contributed by atoms with van der Waals surface area (Å²) in [6, 6.07) is 6.51. The van der Waals surface area contributed by atoms with Crippen molar-refractivity contribution in [3.05, 3.63) is 24.0 Å². The molecule has 0 bridgehead atoms. The molecule has 0 amide bonds. The van der Waals surface area contributed by atoms with Crippen molar-refractivity contribution in [2.45, 2.75) is 39.3 Å². The Balaban J connectivity index is 2.55. The van der Waals surface area contributed by atoms with E-state index in [1.807, 2.05) is 13.8 Å². The Morgan fingerprint density at radius 2 is 1.88 bits per heavy atom. The maximum absolute atomic E-state index is 14.3. The van der Waals surface area contributed by atoms with Crippen molar-refractivity contribution in [2.75, 3.05) is 17.7 Å². The molecule has 132 valence electrons. The molecular weight excluding hydrogens is 323 g/mol. The molecule has 1 heterocycles. The van der Waals surface area contributed by atoms with Crippen molar-refractivity contribution < 1.29 is 9.13 Å². The molecule has 1 aromatic carbocycles. The largest absolute Gasteiger partial charge is 0.497 e. The molecule has 0 aliphatic heterocycles. The fraction of sp³-hybridized carbons (Fsp3) is 0.412. The molecule has 0 aliphatic rings. The molecule has 0 radical (unpaired) electrons. The van der Waals surface area contributed by atoms with Crippen molar-refractivity contribution in [1.82, 2.24) is 15.0 Å². The first-order valence-electron chi connectivity index (χ1n) is 7.80. The van der Waals surface area contributed by atoms with Gasteiger partial charge in [0.1, 0.15) is 17.1 Å². The van der Waals surface area contributed by atoms with Gasteiger partial charge in [-0.3, -0.25) is 0 Å². The molecule has 7 nitrogen and oxygen atoms in total. The molecular formula is C17H21FN6O. The average Bonchev–Trinajstić information content (AvgIpc) is 2.54. The third-order valence-electron chi connectivity index (χ3n) is 3.17. The highest BCUT2D eigenvalue weighted by atomic mass is 19.1. The van der Waals surface area contributed by atoms with Crippen LogP contribution in [0.15, 0.2) is 18.2 Å². The van der Waals surface area contributed by atoms with Crippen molar-refractivity contribution in [1.29, 1.82) is 5.26 Å². The summed E-state index contributed by atoms with van der Waals surface area (Å²) in [5.41, 5.74) is -0.702. The van der Waals surface area contributed by atoms with E-state index in [0.29, 0.717) is 11.7 Å². The molecule has 2 rings (SSSR count). The Bertz CT molecular complexity index is 800. The smallest absolute Gasteiger partial charge is 0.229 e. The topological polar surface area (TPSA) is 95.8 Å². The van der Waals surface area contributed by atoms with E-state index < -0.39 is 11.4 Å². The van der Waals surface area contributed by atoms with Crippen LogP contribution in [0.1, 0.15) is 27.7 Å². The van der Waals surface area contributed by atoms with Crippen LogP contribution in [0.4, 0.5) is 16.3 Å².